The molecule has 0 bridgehead atoms. The summed E-state index contributed by atoms with van der Waals surface area (Å²) in [7, 11) is 0. The predicted octanol–water partition coefficient (Wildman–Crippen LogP) is -4.72. The lowest BCUT2D eigenvalue weighted by atomic mass is 9.42. The smallest absolute Gasteiger partial charge is 0.187 e. The molecule has 4 saturated carbocycles. The van der Waals surface area contributed by atoms with Gasteiger partial charge in [0.1, 0.15) is 73.2 Å². The van der Waals surface area contributed by atoms with Gasteiger partial charge in [0.05, 0.1) is 56.4 Å². The summed E-state index contributed by atoms with van der Waals surface area (Å²) in [5.41, 5.74) is -3.02. The molecule has 4 aliphatic carbocycles. The van der Waals surface area contributed by atoms with Crippen molar-refractivity contribution in [2.75, 3.05) is 26.4 Å². The van der Waals surface area contributed by atoms with Crippen LogP contribution >= 0.6 is 0 Å². The highest BCUT2D eigenvalue weighted by Crippen LogP contribution is 2.71. The minimum atomic E-state index is -1.86. The second kappa shape index (κ2) is 19.5. The molecule has 22 nitrogen and oxygen atoms in total. The van der Waals surface area contributed by atoms with Crippen LogP contribution in [-0.2, 0) is 33.2 Å². The lowest BCUT2D eigenvalue weighted by Crippen LogP contribution is -2.71. The highest BCUT2D eigenvalue weighted by Gasteiger charge is 2.72. The van der Waals surface area contributed by atoms with E-state index in [0.29, 0.717) is 25.7 Å². The maximum Gasteiger partial charge on any atom is 0.187 e. The molecule has 0 aromatic rings. The van der Waals surface area contributed by atoms with Crippen LogP contribution in [-0.4, -0.2) is 231 Å². The van der Waals surface area contributed by atoms with E-state index in [1.807, 2.05) is 20.8 Å². The Morgan fingerprint density at radius 3 is 1.85 bits per heavy atom. The lowest BCUT2D eigenvalue weighted by Gasteiger charge is -2.66. The number of ether oxygens (including phenoxy) is 7. The summed E-state index contributed by atoms with van der Waals surface area (Å²) in [6.45, 7) is 6.05. The van der Waals surface area contributed by atoms with Crippen LogP contribution in [0.5, 0.6) is 0 Å². The molecule has 67 heavy (non-hydrogen) atoms. The van der Waals surface area contributed by atoms with Crippen molar-refractivity contribution >= 4 is 0 Å². The molecule has 0 spiro atoms. The zero-order valence-corrected chi connectivity index (χ0v) is 38.5. The Morgan fingerprint density at radius 2 is 1.22 bits per heavy atom. The SMILES string of the molecule is CC(CC[C@]1(O)O[C@H]2C[C@H]3[C@@H]4C[C@@H](O)[C@@]5(O)C[C@@H](O[C@@H]6O[C@H](CO)[C@@H](O[C@@H]7O[C@H](CO)[C@@H](O)[C@H](O)[C@H]7O)[C@H](O)[C@H]6O)[C@H](O)C[C@]5(C)[C@H]4CC[C@]3(C)[C@H]2[C@@H]1C)CO[C@@H]1O[C@H](CO)[C@@H](O)[C@H](O)[C@H]1O. The third-order valence-corrected chi connectivity index (χ3v) is 18.2. The molecule has 0 aromatic carbocycles. The fraction of sp³-hybridized carbons (Fsp3) is 1.00. The molecule has 4 saturated heterocycles. The van der Waals surface area contributed by atoms with Crippen molar-refractivity contribution in [3.63, 3.8) is 0 Å². The van der Waals surface area contributed by atoms with Gasteiger partial charge in [-0.3, -0.25) is 0 Å². The summed E-state index contributed by atoms with van der Waals surface area (Å²) >= 11 is 0. The summed E-state index contributed by atoms with van der Waals surface area (Å²) in [5, 5.41) is 162. The standard InChI is InChI=1S/C45H76O22/c1-17(16-61-39-35(56)32(53)30(51)25(13-46)63-39)5-8-45(60)18(2)29-23(67-45)10-21-19-9-28(50)44(59)12-24(22(49)11-43(44,4)20(19)6-7-42(21,29)3)62-40-37(58)34(55)38(27(15-48)65-40)66-41-36(57)33(54)31(52)26(14-47)64-41/h17-41,46-60H,5-16H2,1-4H3/t17?,18-,19+,20-,21-,22+,23-,24+,25+,26+,27+,28+,29-,30+,31+,32-,33-,34+,35+,36+,37+,38+,39+,40+,41-,42-,43+,44-,45-/m0/s1. The zero-order chi connectivity index (χ0) is 48.9. The molecule has 0 radical (unpaired) electrons. The maximum atomic E-state index is 12.6. The molecule has 22 heteroatoms. The normalized spacial score (nSPS) is 57.0. The first-order valence-corrected chi connectivity index (χ1v) is 24.1. The second-order valence-corrected chi connectivity index (χ2v) is 21.9. The van der Waals surface area contributed by atoms with Crippen molar-refractivity contribution in [2.45, 2.75) is 207 Å². The minimum absolute atomic E-state index is 0.00756. The topological polar surface area (TPSA) is 368 Å². The zero-order valence-electron chi connectivity index (χ0n) is 38.5. The summed E-state index contributed by atoms with van der Waals surface area (Å²) in [4.78, 5) is 0. The second-order valence-electron chi connectivity index (χ2n) is 21.9. The Bertz CT molecular complexity index is 1680. The van der Waals surface area contributed by atoms with Crippen LogP contribution < -0.4 is 0 Å². The Balaban J connectivity index is 0.885. The number of hydrogen-bond donors (Lipinski definition) is 15. The van der Waals surface area contributed by atoms with Crippen LogP contribution in [0.3, 0.4) is 0 Å². The monoisotopic (exact) mass is 968 g/mol. The van der Waals surface area contributed by atoms with Crippen LogP contribution in [0.4, 0.5) is 0 Å². The Morgan fingerprint density at radius 1 is 0.657 bits per heavy atom. The largest absolute Gasteiger partial charge is 0.394 e. The van der Waals surface area contributed by atoms with Gasteiger partial charge in [-0.15, -0.1) is 0 Å². The van der Waals surface area contributed by atoms with Crippen molar-refractivity contribution < 1.29 is 110 Å². The van der Waals surface area contributed by atoms with Crippen LogP contribution in [0.25, 0.3) is 0 Å². The summed E-state index contributed by atoms with van der Waals surface area (Å²) < 4.78 is 40.8. The van der Waals surface area contributed by atoms with Gasteiger partial charge in [-0.2, -0.15) is 0 Å². The summed E-state index contributed by atoms with van der Waals surface area (Å²) in [6.07, 6.45) is -24.7. The van der Waals surface area contributed by atoms with Gasteiger partial charge < -0.3 is 110 Å². The Kier molecular flexibility index (Phi) is 15.3. The fourth-order valence-corrected chi connectivity index (χ4v) is 14.2. The first-order chi connectivity index (χ1) is 31.5. The van der Waals surface area contributed by atoms with Gasteiger partial charge in [0, 0.05) is 24.2 Å². The van der Waals surface area contributed by atoms with Crippen molar-refractivity contribution in [1.29, 1.82) is 0 Å². The van der Waals surface area contributed by atoms with Crippen molar-refractivity contribution in [2.24, 2.45) is 46.3 Å². The van der Waals surface area contributed by atoms with E-state index in [1.165, 1.54) is 0 Å². The average Bonchev–Trinajstić information content (AvgIpc) is 3.73. The molecule has 4 heterocycles. The summed E-state index contributed by atoms with van der Waals surface area (Å²) in [6, 6.07) is 0. The number of aliphatic hydroxyl groups excluding tert-OH is 13. The molecule has 8 aliphatic rings. The van der Waals surface area contributed by atoms with E-state index in [2.05, 4.69) is 6.92 Å². The first-order valence-electron chi connectivity index (χ1n) is 24.1. The molecule has 4 aliphatic heterocycles. The third-order valence-electron chi connectivity index (χ3n) is 18.2. The fourth-order valence-electron chi connectivity index (χ4n) is 14.2. The Hall–Kier alpha value is -0.880. The molecule has 8 rings (SSSR count). The van der Waals surface area contributed by atoms with E-state index < -0.39 is 147 Å². The molecule has 0 amide bonds. The molecular formula is C45H76O22. The average molecular weight is 969 g/mol. The molecule has 1 unspecified atom stereocenters. The highest BCUT2D eigenvalue weighted by molar-refractivity contribution is 5.20. The van der Waals surface area contributed by atoms with Gasteiger partial charge in [0.25, 0.3) is 0 Å². The summed E-state index contributed by atoms with van der Waals surface area (Å²) in [5.74, 6) is -1.93. The lowest BCUT2D eigenvalue weighted by molar-refractivity contribution is -0.370. The highest BCUT2D eigenvalue weighted by atomic mass is 16.7. The molecule has 8 fully saturated rings. The van der Waals surface area contributed by atoms with Crippen LogP contribution in [0, 0.1) is 46.3 Å². The third kappa shape index (κ3) is 8.76. The van der Waals surface area contributed by atoms with E-state index in [1.54, 1.807) is 0 Å². The number of rotatable bonds is 13. The van der Waals surface area contributed by atoms with Gasteiger partial charge in [-0.25, -0.2) is 0 Å². The predicted molar refractivity (Wildman–Crippen MR) is 223 cm³/mol. The van der Waals surface area contributed by atoms with Crippen molar-refractivity contribution in [1.82, 2.24) is 0 Å². The van der Waals surface area contributed by atoms with Gasteiger partial charge in [-0.1, -0.05) is 27.7 Å². The number of fused-ring (bicyclic) bond motifs is 7. The molecule has 0 aromatic heterocycles. The molecular weight excluding hydrogens is 892 g/mol. The number of hydrogen-bond acceptors (Lipinski definition) is 22. The quantitative estimate of drug-likeness (QED) is 0.0771. The van der Waals surface area contributed by atoms with E-state index in [9.17, 15) is 76.6 Å². The van der Waals surface area contributed by atoms with Crippen LogP contribution in [0.1, 0.15) is 79.1 Å². The van der Waals surface area contributed by atoms with Crippen LogP contribution in [0.15, 0.2) is 0 Å². The Labute approximate surface area is 388 Å². The van der Waals surface area contributed by atoms with Gasteiger partial charge in [0.15, 0.2) is 24.7 Å². The van der Waals surface area contributed by atoms with E-state index >= 15 is 0 Å². The van der Waals surface area contributed by atoms with E-state index in [-0.39, 0.29) is 72.9 Å². The molecule has 29 atom stereocenters. The first kappa shape index (κ1) is 52.4. The van der Waals surface area contributed by atoms with E-state index in [0.717, 1.165) is 6.42 Å². The maximum absolute atomic E-state index is 12.6. The molecule has 388 valence electrons. The van der Waals surface area contributed by atoms with Crippen LogP contribution in [0.2, 0.25) is 0 Å². The van der Waals surface area contributed by atoms with Crippen molar-refractivity contribution in [3.05, 3.63) is 0 Å². The van der Waals surface area contributed by atoms with Gasteiger partial charge in [0.2, 0.25) is 0 Å². The molecule has 15 N–H and O–H groups in total. The van der Waals surface area contributed by atoms with Gasteiger partial charge >= 0.3 is 0 Å². The van der Waals surface area contributed by atoms with E-state index in [4.69, 9.17) is 33.2 Å². The van der Waals surface area contributed by atoms with Gasteiger partial charge in [-0.05, 0) is 73.5 Å². The minimum Gasteiger partial charge on any atom is -0.394 e. The number of aliphatic hydroxyl groups is 15. The van der Waals surface area contributed by atoms with Crippen molar-refractivity contribution in [3.8, 4) is 0 Å².